The molecule has 19 heavy (non-hydrogen) atoms. The molecular weight excluding hydrogens is 272 g/mol. The number of hydrogen-bond donors (Lipinski definition) is 2. The number of sulfonamides is 1. The van der Waals surface area contributed by atoms with E-state index >= 15 is 0 Å². The fourth-order valence-corrected chi connectivity index (χ4v) is 3.15. The van der Waals surface area contributed by atoms with Gasteiger partial charge in [-0.25, -0.2) is 13.1 Å². The molecule has 0 aliphatic rings. The molecule has 0 saturated carbocycles. The van der Waals surface area contributed by atoms with E-state index in [4.69, 9.17) is 0 Å². The zero-order chi connectivity index (χ0) is 14.6. The summed E-state index contributed by atoms with van der Waals surface area (Å²) >= 11 is 0. The summed E-state index contributed by atoms with van der Waals surface area (Å²) in [6, 6.07) is 4.60. The largest absolute Gasteiger partial charge is 0.393 e. The maximum absolute atomic E-state index is 12.1. The van der Waals surface area contributed by atoms with Gasteiger partial charge in [0, 0.05) is 12.1 Å². The second kappa shape index (κ2) is 6.09. The molecule has 1 aromatic rings. The lowest BCUT2D eigenvalue weighted by Gasteiger charge is -2.15. The van der Waals surface area contributed by atoms with Crippen molar-refractivity contribution in [1.29, 1.82) is 0 Å². The van der Waals surface area contributed by atoms with E-state index < -0.39 is 32.8 Å². The van der Waals surface area contributed by atoms with Gasteiger partial charge in [0.05, 0.1) is 11.0 Å². The lowest BCUT2D eigenvalue weighted by atomic mass is 10.2. The third kappa shape index (κ3) is 4.27. The number of para-hydroxylation sites is 1. The van der Waals surface area contributed by atoms with Crippen LogP contribution in [0, 0.1) is 10.1 Å². The average molecular weight is 288 g/mol. The Hall–Kier alpha value is -1.51. The summed E-state index contributed by atoms with van der Waals surface area (Å²) in [6.45, 7) is 3.12. The van der Waals surface area contributed by atoms with Gasteiger partial charge in [-0.05, 0) is 26.3 Å². The number of aliphatic hydroxyl groups excluding tert-OH is 1. The van der Waals surface area contributed by atoms with Crippen molar-refractivity contribution in [1.82, 2.24) is 4.72 Å². The second-order valence-electron chi connectivity index (χ2n) is 4.33. The summed E-state index contributed by atoms with van der Waals surface area (Å²) in [5, 5.41) is 20.0. The molecule has 0 spiro atoms. The van der Waals surface area contributed by atoms with Crippen molar-refractivity contribution in [2.75, 3.05) is 0 Å². The van der Waals surface area contributed by atoms with Crippen LogP contribution in [0.2, 0.25) is 0 Å². The van der Waals surface area contributed by atoms with Gasteiger partial charge >= 0.3 is 0 Å². The molecule has 0 amide bonds. The zero-order valence-electron chi connectivity index (χ0n) is 10.6. The van der Waals surface area contributed by atoms with Crippen molar-refractivity contribution < 1.29 is 18.4 Å². The first-order valence-electron chi connectivity index (χ1n) is 5.68. The third-order valence-electron chi connectivity index (χ3n) is 2.40. The molecule has 1 rings (SSSR count). The van der Waals surface area contributed by atoms with Gasteiger partial charge in [-0.3, -0.25) is 10.1 Å². The number of rotatable bonds is 6. The molecule has 0 aliphatic carbocycles. The molecule has 0 bridgehead atoms. The maximum atomic E-state index is 12.1. The van der Waals surface area contributed by atoms with Crippen LogP contribution in [0.5, 0.6) is 0 Å². The number of aliphatic hydroxyl groups is 1. The highest BCUT2D eigenvalue weighted by molar-refractivity contribution is 7.89. The minimum absolute atomic E-state index is 0.222. The fourth-order valence-electron chi connectivity index (χ4n) is 1.72. The molecule has 0 heterocycles. The van der Waals surface area contributed by atoms with Gasteiger partial charge in [0.1, 0.15) is 0 Å². The van der Waals surface area contributed by atoms with E-state index in [1.54, 1.807) is 6.92 Å². The Labute approximate surface area is 111 Å². The molecule has 7 nitrogen and oxygen atoms in total. The van der Waals surface area contributed by atoms with Crippen LogP contribution in [-0.4, -0.2) is 30.6 Å². The quantitative estimate of drug-likeness (QED) is 0.600. The van der Waals surface area contributed by atoms with Crippen LogP contribution in [0.3, 0.4) is 0 Å². The number of hydrogen-bond acceptors (Lipinski definition) is 5. The summed E-state index contributed by atoms with van der Waals surface area (Å²) in [5.74, 6) is 0. The van der Waals surface area contributed by atoms with Crippen molar-refractivity contribution >= 4 is 15.7 Å². The molecule has 2 unspecified atom stereocenters. The van der Waals surface area contributed by atoms with Gasteiger partial charge < -0.3 is 5.11 Å². The molecule has 106 valence electrons. The van der Waals surface area contributed by atoms with E-state index in [9.17, 15) is 23.6 Å². The first-order valence-corrected chi connectivity index (χ1v) is 7.16. The Morgan fingerprint density at radius 1 is 1.37 bits per heavy atom. The predicted octanol–water partition coefficient (Wildman–Crippen LogP) is 1.03. The minimum Gasteiger partial charge on any atom is -0.393 e. The van der Waals surface area contributed by atoms with E-state index in [-0.39, 0.29) is 11.3 Å². The topological polar surface area (TPSA) is 110 Å². The number of nitrogens with one attached hydrogen (secondary N) is 1. The first-order chi connectivity index (χ1) is 8.74. The Morgan fingerprint density at radius 2 is 1.95 bits per heavy atom. The van der Waals surface area contributed by atoms with Gasteiger partial charge in [0.15, 0.2) is 4.90 Å². The van der Waals surface area contributed by atoms with Crippen LogP contribution in [-0.2, 0) is 10.0 Å². The smallest absolute Gasteiger partial charge is 0.289 e. The van der Waals surface area contributed by atoms with Crippen molar-refractivity contribution in [3.05, 3.63) is 34.4 Å². The normalized spacial score (nSPS) is 14.9. The van der Waals surface area contributed by atoms with E-state index in [1.807, 2.05) is 0 Å². The molecule has 2 atom stereocenters. The SMILES string of the molecule is CC(O)CC(C)NS(=O)(=O)c1ccccc1[N+](=O)[O-]. The first kappa shape index (κ1) is 15.5. The summed E-state index contributed by atoms with van der Waals surface area (Å²) < 4.78 is 26.4. The summed E-state index contributed by atoms with van der Waals surface area (Å²) in [5.41, 5.74) is -0.473. The van der Waals surface area contributed by atoms with Crippen molar-refractivity contribution in [2.45, 2.75) is 37.3 Å². The standard InChI is InChI=1S/C11H16N2O5S/c1-8(7-9(2)14)12-19(17,18)11-6-4-3-5-10(11)13(15)16/h3-6,8-9,12,14H,7H2,1-2H3. The van der Waals surface area contributed by atoms with Crippen LogP contribution >= 0.6 is 0 Å². The van der Waals surface area contributed by atoms with Gasteiger partial charge in [0.2, 0.25) is 10.0 Å². The van der Waals surface area contributed by atoms with Gasteiger partial charge in [-0.1, -0.05) is 12.1 Å². The van der Waals surface area contributed by atoms with Crippen LogP contribution in [0.15, 0.2) is 29.2 Å². The van der Waals surface area contributed by atoms with Crippen LogP contribution in [0.4, 0.5) is 5.69 Å². The Bertz CT molecular complexity index is 556. The van der Waals surface area contributed by atoms with Gasteiger partial charge in [0.25, 0.3) is 5.69 Å². The molecule has 0 aliphatic heterocycles. The zero-order valence-corrected chi connectivity index (χ0v) is 11.4. The Balaban J connectivity index is 3.04. The monoisotopic (exact) mass is 288 g/mol. The van der Waals surface area contributed by atoms with E-state index in [1.165, 1.54) is 25.1 Å². The third-order valence-corrected chi connectivity index (χ3v) is 4.04. The van der Waals surface area contributed by atoms with Crippen LogP contribution in [0.25, 0.3) is 0 Å². The summed E-state index contributed by atoms with van der Waals surface area (Å²) in [7, 11) is -3.98. The van der Waals surface area contributed by atoms with Crippen LogP contribution in [0.1, 0.15) is 20.3 Å². The van der Waals surface area contributed by atoms with E-state index in [0.29, 0.717) is 0 Å². The molecule has 1 aromatic carbocycles. The second-order valence-corrected chi connectivity index (χ2v) is 6.01. The average Bonchev–Trinajstić information content (AvgIpc) is 2.26. The summed E-state index contributed by atoms with van der Waals surface area (Å²) in [6.07, 6.45) is -0.441. The molecule has 2 N–H and O–H groups in total. The predicted molar refractivity (Wildman–Crippen MR) is 69.2 cm³/mol. The molecule has 0 saturated heterocycles. The number of nitro benzene ring substituents is 1. The molecule has 0 aromatic heterocycles. The number of nitro groups is 1. The fraction of sp³-hybridized carbons (Fsp3) is 0.455. The number of nitrogens with zero attached hydrogens (tertiary/aromatic N) is 1. The van der Waals surface area contributed by atoms with E-state index in [2.05, 4.69) is 4.72 Å². The van der Waals surface area contributed by atoms with Crippen molar-refractivity contribution in [3.63, 3.8) is 0 Å². The molecule has 0 radical (unpaired) electrons. The van der Waals surface area contributed by atoms with Crippen molar-refractivity contribution in [2.24, 2.45) is 0 Å². The van der Waals surface area contributed by atoms with Gasteiger partial charge in [-0.15, -0.1) is 0 Å². The molecular formula is C11H16N2O5S. The number of benzene rings is 1. The molecule has 0 fully saturated rings. The van der Waals surface area contributed by atoms with Crippen LogP contribution < -0.4 is 4.72 Å². The van der Waals surface area contributed by atoms with E-state index in [0.717, 1.165) is 6.07 Å². The summed E-state index contributed by atoms with van der Waals surface area (Å²) in [4.78, 5) is 9.69. The highest BCUT2D eigenvalue weighted by Crippen LogP contribution is 2.23. The lowest BCUT2D eigenvalue weighted by Crippen LogP contribution is -2.34. The molecule has 8 heteroatoms. The Kier molecular flexibility index (Phi) is 4.98. The maximum Gasteiger partial charge on any atom is 0.289 e. The van der Waals surface area contributed by atoms with Gasteiger partial charge in [-0.2, -0.15) is 0 Å². The van der Waals surface area contributed by atoms with Crippen molar-refractivity contribution in [3.8, 4) is 0 Å². The highest BCUT2D eigenvalue weighted by Gasteiger charge is 2.26. The Morgan fingerprint density at radius 3 is 2.47 bits per heavy atom. The lowest BCUT2D eigenvalue weighted by molar-refractivity contribution is -0.387. The minimum atomic E-state index is -3.98. The highest BCUT2D eigenvalue weighted by atomic mass is 32.2.